The number of hydrogen-bond acceptors (Lipinski definition) is 5. The van der Waals surface area contributed by atoms with E-state index < -0.39 is 17.7 Å². The first-order valence-electron chi connectivity index (χ1n) is 7.78. The fraction of sp³-hybridized carbons (Fsp3) is 0.562. The van der Waals surface area contributed by atoms with E-state index in [1.807, 2.05) is 25.7 Å². The highest BCUT2D eigenvalue weighted by Crippen LogP contribution is 2.31. The van der Waals surface area contributed by atoms with Crippen LogP contribution in [-0.2, 0) is 4.74 Å². The average molecular weight is 400 g/mol. The maximum Gasteiger partial charge on any atom is 0.407 e. The van der Waals surface area contributed by atoms with Crippen LogP contribution in [0.1, 0.15) is 44.0 Å². The number of carbonyl (C=O) groups is 2. The van der Waals surface area contributed by atoms with Gasteiger partial charge in [0.15, 0.2) is 0 Å². The molecular weight excluding hydrogens is 378 g/mol. The number of amides is 1. The molecule has 0 aromatic carbocycles. The van der Waals surface area contributed by atoms with E-state index in [1.165, 1.54) is 6.20 Å². The predicted octanol–water partition coefficient (Wildman–Crippen LogP) is 3.04. The largest absolute Gasteiger partial charge is 0.478 e. The molecule has 1 fully saturated rings. The number of ether oxygens (including phenoxy) is 1. The third kappa shape index (κ3) is 4.83. The molecule has 1 aliphatic heterocycles. The van der Waals surface area contributed by atoms with E-state index in [2.05, 4.69) is 26.2 Å². The minimum Gasteiger partial charge on any atom is -0.478 e. The first kappa shape index (κ1) is 18.5. The summed E-state index contributed by atoms with van der Waals surface area (Å²) in [6.07, 6.45) is 3.96. The summed E-state index contributed by atoms with van der Waals surface area (Å²) in [5.41, 5.74) is 0.277. The molecule has 7 nitrogen and oxygen atoms in total. The molecule has 1 amide bonds. The van der Waals surface area contributed by atoms with Crippen LogP contribution in [0.15, 0.2) is 16.9 Å². The van der Waals surface area contributed by atoms with Crippen molar-refractivity contribution in [1.82, 2.24) is 10.3 Å². The Labute approximate surface area is 149 Å². The molecule has 8 heteroatoms. The second-order valence-electron chi connectivity index (χ2n) is 6.73. The van der Waals surface area contributed by atoms with Crippen LogP contribution in [0.4, 0.5) is 10.5 Å². The Morgan fingerprint density at radius 3 is 2.50 bits per heavy atom. The lowest BCUT2D eigenvalue weighted by Crippen LogP contribution is -2.46. The SMILES string of the molecule is CC(C)(C)OC(=O)NC1CCN(c2c(Br)cncc2C(=O)O)CC1. The topological polar surface area (TPSA) is 91.8 Å². The van der Waals surface area contributed by atoms with E-state index in [1.54, 1.807) is 6.20 Å². The van der Waals surface area contributed by atoms with E-state index in [4.69, 9.17) is 4.74 Å². The number of carboxylic acid groups (broad SMARTS) is 1. The smallest absolute Gasteiger partial charge is 0.407 e. The van der Waals surface area contributed by atoms with Gasteiger partial charge >= 0.3 is 12.1 Å². The summed E-state index contributed by atoms with van der Waals surface area (Å²) < 4.78 is 5.92. The molecule has 1 aliphatic rings. The molecule has 0 radical (unpaired) electrons. The molecule has 0 spiro atoms. The van der Waals surface area contributed by atoms with Gasteiger partial charge in [-0.15, -0.1) is 0 Å². The quantitative estimate of drug-likeness (QED) is 0.811. The highest BCUT2D eigenvalue weighted by Gasteiger charge is 2.27. The number of alkyl carbamates (subject to hydrolysis) is 1. The Morgan fingerprint density at radius 2 is 1.96 bits per heavy atom. The van der Waals surface area contributed by atoms with Crippen molar-refractivity contribution >= 4 is 33.7 Å². The second kappa shape index (κ2) is 7.38. The zero-order valence-corrected chi connectivity index (χ0v) is 15.6. The van der Waals surface area contributed by atoms with Crippen LogP contribution in [0.25, 0.3) is 0 Å². The van der Waals surface area contributed by atoms with Crippen molar-refractivity contribution in [2.75, 3.05) is 18.0 Å². The minimum atomic E-state index is -1.01. The highest BCUT2D eigenvalue weighted by atomic mass is 79.9. The number of aromatic nitrogens is 1. The highest BCUT2D eigenvalue weighted by molar-refractivity contribution is 9.10. The van der Waals surface area contributed by atoms with E-state index in [0.717, 1.165) is 0 Å². The number of hydrogen-bond donors (Lipinski definition) is 2. The fourth-order valence-corrected chi connectivity index (χ4v) is 3.21. The van der Waals surface area contributed by atoms with Crippen molar-refractivity contribution in [2.45, 2.75) is 45.3 Å². The minimum absolute atomic E-state index is 0.0185. The van der Waals surface area contributed by atoms with Crippen molar-refractivity contribution in [1.29, 1.82) is 0 Å². The van der Waals surface area contributed by atoms with Gasteiger partial charge in [0.2, 0.25) is 0 Å². The second-order valence-corrected chi connectivity index (χ2v) is 7.58. The number of carbonyl (C=O) groups excluding carboxylic acids is 1. The third-order valence-corrected chi connectivity index (χ3v) is 4.22. The molecular formula is C16H22BrN3O4. The molecule has 1 aromatic heterocycles. The number of pyridine rings is 1. The van der Waals surface area contributed by atoms with E-state index >= 15 is 0 Å². The zero-order chi connectivity index (χ0) is 17.9. The van der Waals surface area contributed by atoms with Crippen LogP contribution < -0.4 is 10.2 Å². The summed E-state index contributed by atoms with van der Waals surface area (Å²) in [4.78, 5) is 29.2. The normalized spacial score (nSPS) is 15.9. The molecule has 1 aromatic rings. The number of piperidine rings is 1. The van der Waals surface area contributed by atoms with Crippen LogP contribution in [0.3, 0.4) is 0 Å². The number of nitrogens with zero attached hydrogens (tertiary/aromatic N) is 2. The summed E-state index contributed by atoms with van der Waals surface area (Å²) in [5.74, 6) is -1.01. The monoisotopic (exact) mass is 399 g/mol. The summed E-state index contributed by atoms with van der Waals surface area (Å²) in [6, 6.07) is 0.0185. The van der Waals surface area contributed by atoms with Crippen LogP contribution in [0.5, 0.6) is 0 Å². The Kier molecular flexibility index (Phi) is 5.69. The molecule has 1 saturated heterocycles. The molecule has 2 heterocycles. The molecule has 0 saturated carbocycles. The van der Waals surface area contributed by atoms with Gasteiger partial charge in [0.05, 0.1) is 10.2 Å². The Bertz CT molecular complexity index is 622. The number of rotatable bonds is 3. The first-order valence-corrected chi connectivity index (χ1v) is 8.58. The molecule has 2 rings (SSSR count). The molecule has 2 N–H and O–H groups in total. The van der Waals surface area contributed by atoms with Crippen molar-refractivity contribution in [2.24, 2.45) is 0 Å². The van der Waals surface area contributed by atoms with Crippen LogP contribution in [0, 0.1) is 0 Å². The van der Waals surface area contributed by atoms with Gasteiger partial charge in [-0.2, -0.15) is 0 Å². The molecule has 132 valence electrons. The lowest BCUT2D eigenvalue weighted by Gasteiger charge is -2.35. The predicted molar refractivity (Wildman–Crippen MR) is 93.5 cm³/mol. The van der Waals surface area contributed by atoms with E-state index in [9.17, 15) is 14.7 Å². The van der Waals surface area contributed by atoms with Crippen molar-refractivity contribution in [3.8, 4) is 0 Å². The maximum absolute atomic E-state index is 11.8. The van der Waals surface area contributed by atoms with Crippen molar-refractivity contribution in [3.63, 3.8) is 0 Å². The van der Waals surface area contributed by atoms with Gasteiger partial charge in [0.25, 0.3) is 0 Å². The Hall–Kier alpha value is -1.83. The van der Waals surface area contributed by atoms with Crippen molar-refractivity contribution in [3.05, 3.63) is 22.4 Å². The standard InChI is InChI=1S/C16H22BrN3O4/c1-16(2,3)24-15(23)19-10-4-6-20(7-5-10)13-11(14(21)22)8-18-9-12(13)17/h8-10H,4-7H2,1-3H3,(H,19,23)(H,21,22). The van der Waals surface area contributed by atoms with Crippen molar-refractivity contribution < 1.29 is 19.4 Å². The average Bonchev–Trinajstić information content (AvgIpc) is 2.46. The van der Waals surface area contributed by atoms with Crippen LogP contribution in [0.2, 0.25) is 0 Å². The Balaban J connectivity index is 1.99. The molecule has 0 bridgehead atoms. The number of nitrogens with one attached hydrogen (secondary N) is 1. The Morgan fingerprint density at radius 1 is 1.33 bits per heavy atom. The van der Waals surface area contributed by atoms with E-state index in [0.29, 0.717) is 36.1 Å². The maximum atomic E-state index is 11.8. The van der Waals surface area contributed by atoms with Gasteiger partial charge in [0.1, 0.15) is 11.2 Å². The van der Waals surface area contributed by atoms with E-state index in [-0.39, 0.29) is 11.6 Å². The van der Waals surface area contributed by atoms with Gasteiger partial charge in [-0.05, 0) is 49.5 Å². The summed E-state index contributed by atoms with van der Waals surface area (Å²) in [7, 11) is 0. The molecule has 0 atom stereocenters. The molecule has 0 aliphatic carbocycles. The van der Waals surface area contributed by atoms with Gasteiger partial charge in [-0.3, -0.25) is 4.98 Å². The van der Waals surface area contributed by atoms with Gasteiger partial charge in [0, 0.05) is 31.5 Å². The molecule has 0 unspecified atom stereocenters. The first-order chi connectivity index (χ1) is 11.2. The van der Waals surface area contributed by atoms with Gasteiger partial charge in [-0.25, -0.2) is 9.59 Å². The summed E-state index contributed by atoms with van der Waals surface area (Å²) in [6.45, 7) is 6.75. The van der Waals surface area contributed by atoms with Gasteiger partial charge in [-0.1, -0.05) is 0 Å². The van der Waals surface area contributed by atoms with Crippen LogP contribution in [-0.4, -0.2) is 46.9 Å². The fourth-order valence-electron chi connectivity index (χ4n) is 2.63. The summed E-state index contributed by atoms with van der Waals surface area (Å²) >= 11 is 3.38. The number of halogens is 1. The number of aromatic carboxylic acids is 1. The van der Waals surface area contributed by atoms with Crippen LogP contribution >= 0.6 is 15.9 Å². The summed E-state index contributed by atoms with van der Waals surface area (Å²) in [5, 5.41) is 12.2. The lowest BCUT2D eigenvalue weighted by atomic mass is 10.0. The third-order valence-electron chi connectivity index (χ3n) is 3.64. The van der Waals surface area contributed by atoms with Gasteiger partial charge < -0.3 is 20.1 Å². The molecule has 24 heavy (non-hydrogen) atoms. The zero-order valence-electron chi connectivity index (χ0n) is 14.0. The number of anilines is 1. The lowest BCUT2D eigenvalue weighted by molar-refractivity contribution is 0.0497. The number of carboxylic acids is 1.